The van der Waals surface area contributed by atoms with Gasteiger partial charge in [0.15, 0.2) is 0 Å². The molecule has 0 aromatic carbocycles. The van der Waals surface area contributed by atoms with E-state index in [1.165, 1.54) is 0 Å². The average molecular weight is 488 g/mol. The highest BCUT2D eigenvalue weighted by molar-refractivity contribution is 6.24. The van der Waals surface area contributed by atoms with Crippen LogP contribution >= 0.6 is 23.2 Å². The number of alkyl halides is 2. The van der Waals surface area contributed by atoms with Crippen LogP contribution in [0, 0.1) is 23.7 Å². The number of halogens is 2. The van der Waals surface area contributed by atoms with Crippen LogP contribution in [0.1, 0.15) is 65.2 Å². The predicted octanol–water partition coefficient (Wildman–Crippen LogP) is 3.70. The molecule has 2 saturated carbocycles. The SMILES string of the molecule is CC1CC2C(CN1)CC(C1CC(NC(=O)NC3CCC(Cl)CC3Cl)CCC1C)C(=O)N2C. The topological polar surface area (TPSA) is 73.5 Å². The van der Waals surface area contributed by atoms with Crippen molar-refractivity contribution < 1.29 is 9.59 Å². The number of hydrogen-bond donors (Lipinski definition) is 3. The number of urea groups is 1. The monoisotopic (exact) mass is 486 g/mol. The van der Waals surface area contributed by atoms with Crippen molar-refractivity contribution in [2.24, 2.45) is 23.7 Å². The van der Waals surface area contributed by atoms with Crippen LogP contribution in [0.15, 0.2) is 0 Å². The highest BCUT2D eigenvalue weighted by Crippen LogP contribution is 2.43. The second kappa shape index (κ2) is 10.3. The molecule has 2 aliphatic heterocycles. The predicted molar refractivity (Wildman–Crippen MR) is 129 cm³/mol. The molecule has 10 atom stereocenters. The number of carbonyl (C=O) groups is 2. The molecule has 10 unspecified atom stereocenters. The lowest BCUT2D eigenvalue weighted by Gasteiger charge is -2.50. The molecule has 6 nitrogen and oxygen atoms in total. The third kappa shape index (κ3) is 5.33. The zero-order chi connectivity index (χ0) is 23.0. The first-order chi connectivity index (χ1) is 15.2. The number of carbonyl (C=O) groups excluding carboxylic acids is 2. The Labute approximate surface area is 202 Å². The molecule has 3 N–H and O–H groups in total. The van der Waals surface area contributed by atoms with Crippen LogP contribution in [0.4, 0.5) is 4.79 Å². The van der Waals surface area contributed by atoms with E-state index in [-0.39, 0.29) is 34.8 Å². The number of hydrogen-bond acceptors (Lipinski definition) is 3. The summed E-state index contributed by atoms with van der Waals surface area (Å²) in [7, 11) is 2.00. The van der Waals surface area contributed by atoms with Crippen molar-refractivity contribution in [2.75, 3.05) is 13.6 Å². The van der Waals surface area contributed by atoms with Gasteiger partial charge in [0.25, 0.3) is 0 Å². The summed E-state index contributed by atoms with van der Waals surface area (Å²) in [6, 6.07) is 0.770. The number of piperidine rings is 2. The fourth-order valence-corrected chi connectivity index (χ4v) is 7.54. The Bertz CT molecular complexity index is 695. The molecule has 8 heteroatoms. The minimum Gasteiger partial charge on any atom is -0.342 e. The first-order valence-electron chi connectivity index (χ1n) is 12.6. The fraction of sp³-hybridized carbons (Fsp3) is 0.917. The number of rotatable bonds is 3. The Morgan fingerprint density at radius 3 is 2.56 bits per heavy atom. The number of nitrogens with zero attached hydrogens (tertiary/aromatic N) is 1. The molecule has 3 amide bonds. The number of nitrogens with one attached hydrogen (secondary N) is 3. The minimum atomic E-state index is -0.135. The van der Waals surface area contributed by atoms with Gasteiger partial charge in [0, 0.05) is 49.1 Å². The van der Waals surface area contributed by atoms with Crippen molar-refractivity contribution in [1.82, 2.24) is 20.9 Å². The van der Waals surface area contributed by atoms with Gasteiger partial charge >= 0.3 is 6.03 Å². The molecule has 0 aromatic rings. The summed E-state index contributed by atoms with van der Waals surface area (Å²) < 4.78 is 0. The van der Waals surface area contributed by atoms with Crippen molar-refractivity contribution >= 4 is 35.1 Å². The van der Waals surface area contributed by atoms with E-state index >= 15 is 0 Å². The summed E-state index contributed by atoms with van der Waals surface area (Å²) in [4.78, 5) is 28.1. The molecule has 0 bridgehead atoms. The first-order valence-corrected chi connectivity index (χ1v) is 13.5. The van der Waals surface area contributed by atoms with Gasteiger partial charge in [-0.1, -0.05) is 6.92 Å². The van der Waals surface area contributed by atoms with E-state index < -0.39 is 0 Å². The van der Waals surface area contributed by atoms with Crippen LogP contribution < -0.4 is 16.0 Å². The third-order valence-electron chi connectivity index (χ3n) is 8.72. The Morgan fingerprint density at radius 1 is 1.03 bits per heavy atom. The number of amides is 3. The summed E-state index contributed by atoms with van der Waals surface area (Å²) in [6.45, 7) is 5.48. The van der Waals surface area contributed by atoms with Gasteiger partial charge < -0.3 is 20.9 Å². The van der Waals surface area contributed by atoms with E-state index in [9.17, 15) is 9.59 Å². The Morgan fingerprint density at radius 2 is 1.81 bits per heavy atom. The maximum Gasteiger partial charge on any atom is 0.315 e. The van der Waals surface area contributed by atoms with Crippen LogP contribution in [0.2, 0.25) is 0 Å². The van der Waals surface area contributed by atoms with Crippen LogP contribution in [-0.2, 0) is 4.79 Å². The molecule has 182 valence electrons. The second-order valence-electron chi connectivity index (χ2n) is 11.0. The Kier molecular flexibility index (Phi) is 7.83. The van der Waals surface area contributed by atoms with Crippen molar-refractivity contribution in [3.8, 4) is 0 Å². The molecule has 0 radical (unpaired) electrons. The van der Waals surface area contributed by atoms with Crippen LogP contribution in [-0.4, -0.2) is 65.4 Å². The summed E-state index contributed by atoms with van der Waals surface area (Å²) in [6.07, 6.45) is 7.31. The van der Waals surface area contributed by atoms with Crippen molar-refractivity contribution in [1.29, 1.82) is 0 Å². The van der Waals surface area contributed by atoms with Gasteiger partial charge in [-0.3, -0.25) is 4.79 Å². The summed E-state index contributed by atoms with van der Waals surface area (Å²) in [5.74, 6) is 1.71. The van der Waals surface area contributed by atoms with Gasteiger partial charge in [-0.15, -0.1) is 23.2 Å². The molecule has 32 heavy (non-hydrogen) atoms. The molecule has 2 heterocycles. The summed E-state index contributed by atoms with van der Waals surface area (Å²) >= 11 is 12.6. The van der Waals surface area contributed by atoms with Gasteiger partial charge in [0.2, 0.25) is 5.91 Å². The van der Waals surface area contributed by atoms with Crippen LogP contribution in [0.3, 0.4) is 0 Å². The first kappa shape index (κ1) is 24.4. The zero-order valence-electron chi connectivity index (χ0n) is 19.7. The summed E-state index contributed by atoms with van der Waals surface area (Å²) in [5, 5.41) is 9.87. The van der Waals surface area contributed by atoms with E-state index in [1.807, 2.05) is 11.9 Å². The fourth-order valence-electron chi connectivity index (χ4n) is 6.73. The van der Waals surface area contributed by atoms with Crippen LogP contribution in [0.25, 0.3) is 0 Å². The molecule has 2 saturated heterocycles. The van der Waals surface area contributed by atoms with Crippen LogP contribution in [0.5, 0.6) is 0 Å². The lowest BCUT2D eigenvalue weighted by molar-refractivity contribution is -0.148. The molecule has 0 spiro atoms. The maximum absolute atomic E-state index is 13.4. The Hall–Kier alpha value is -0.720. The smallest absolute Gasteiger partial charge is 0.315 e. The molecule has 0 aromatic heterocycles. The van der Waals surface area contributed by atoms with Gasteiger partial charge in [0.1, 0.15) is 0 Å². The number of likely N-dealkylation sites (tertiary alicyclic amines) is 1. The van der Waals surface area contributed by atoms with Gasteiger partial charge in [-0.05, 0) is 76.0 Å². The maximum atomic E-state index is 13.4. The van der Waals surface area contributed by atoms with Gasteiger partial charge in [-0.2, -0.15) is 0 Å². The summed E-state index contributed by atoms with van der Waals surface area (Å²) in [5.41, 5.74) is 0. The average Bonchev–Trinajstić information content (AvgIpc) is 2.74. The largest absolute Gasteiger partial charge is 0.342 e. The normalized spacial score (nSPS) is 45.2. The molecule has 4 rings (SSSR count). The standard InChI is InChI=1S/C24H40Cl2N4O2/c1-13-4-6-17(28-24(32)29-21-7-5-16(25)10-20(21)26)11-18(13)19-9-15-12-27-14(2)8-22(15)30(3)23(19)31/h13-22,27H,4-12H2,1-3H3,(H2,28,29,32). The highest BCUT2D eigenvalue weighted by atomic mass is 35.5. The van der Waals surface area contributed by atoms with E-state index in [4.69, 9.17) is 23.2 Å². The van der Waals surface area contributed by atoms with E-state index in [0.717, 1.165) is 57.9 Å². The zero-order valence-corrected chi connectivity index (χ0v) is 21.2. The molecular weight excluding hydrogens is 447 g/mol. The minimum absolute atomic E-state index is 0.0309. The van der Waals surface area contributed by atoms with E-state index in [2.05, 4.69) is 29.8 Å². The molecule has 4 aliphatic rings. The van der Waals surface area contributed by atoms with Gasteiger partial charge in [0.05, 0.1) is 5.38 Å². The van der Waals surface area contributed by atoms with Gasteiger partial charge in [-0.25, -0.2) is 4.79 Å². The molecule has 2 aliphatic carbocycles. The van der Waals surface area contributed by atoms with E-state index in [0.29, 0.717) is 35.7 Å². The van der Waals surface area contributed by atoms with Crippen molar-refractivity contribution in [3.05, 3.63) is 0 Å². The molecular formula is C24H40Cl2N4O2. The molecule has 4 fully saturated rings. The lowest BCUT2D eigenvalue weighted by atomic mass is 9.65. The van der Waals surface area contributed by atoms with E-state index in [1.54, 1.807) is 0 Å². The lowest BCUT2D eigenvalue weighted by Crippen LogP contribution is -2.60. The second-order valence-corrected chi connectivity index (χ2v) is 12.1. The third-order valence-corrected chi connectivity index (χ3v) is 9.60. The van der Waals surface area contributed by atoms with Crippen molar-refractivity contribution in [2.45, 2.75) is 100 Å². The highest BCUT2D eigenvalue weighted by Gasteiger charge is 2.47. The Balaban J connectivity index is 1.35. The number of fused-ring (bicyclic) bond motifs is 1. The quantitative estimate of drug-likeness (QED) is 0.532. The van der Waals surface area contributed by atoms with Crippen molar-refractivity contribution in [3.63, 3.8) is 0 Å².